The Morgan fingerprint density at radius 3 is 2.25 bits per heavy atom. The van der Waals surface area contributed by atoms with Crippen LogP contribution in [0.5, 0.6) is 5.75 Å². The van der Waals surface area contributed by atoms with Gasteiger partial charge in [0.2, 0.25) is 8.32 Å². The summed E-state index contributed by atoms with van der Waals surface area (Å²) < 4.78 is 11.8. The largest absolute Gasteiger partial charge is 0.543 e. The zero-order valence-electron chi connectivity index (χ0n) is 14.2. The molecule has 0 aliphatic rings. The summed E-state index contributed by atoms with van der Waals surface area (Å²) >= 11 is 0. The van der Waals surface area contributed by atoms with Crippen molar-refractivity contribution in [1.29, 1.82) is 0 Å². The Morgan fingerprint density at radius 1 is 0.875 bits per heavy atom. The SMILES string of the molecule is C[Si](C)(C)Oc1ccccc1N=C(c1ccccc1)c1ccco1. The lowest BCUT2D eigenvalue weighted by molar-refractivity contribution is 0.556. The van der Waals surface area contributed by atoms with E-state index in [0.29, 0.717) is 0 Å². The summed E-state index contributed by atoms with van der Waals surface area (Å²) in [6, 6.07) is 21.7. The molecule has 0 bridgehead atoms. The molecule has 0 radical (unpaired) electrons. The van der Waals surface area contributed by atoms with Gasteiger partial charge in [0.25, 0.3) is 0 Å². The molecule has 122 valence electrons. The number of rotatable bonds is 5. The van der Waals surface area contributed by atoms with Crippen molar-refractivity contribution in [3.05, 3.63) is 84.3 Å². The molecule has 3 rings (SSSR count). The average molecular weight is 335 g/mol. The molecule has 0 aliphatic heterocycles. The Bertz CT molecular complexity index is 818. The van der Waals surface area contributed by atoms with E-state index in [4.69, 9.17) is 13.8 Å². The zero-order valence-corrected chi connectivity index (χ0v) is 15.2. The van der Waals surface area contributed by atoms with Crippen molar-refractivity contribution < 1.29 is 8.84 Å². The van der Waals surface area contributed by atoms with E-state index in [9.17, 15) is 0 Å². The van der Waals surface area contributed by atoms with Gasteiger partial charge in [-0.1, -0.05) is 42.5 Å². The minimum atomic E-state index is -1.72. The van der Waals surface area contributed by atoms with Gasteiger partial charge in [-0.3, -0.25) is 0 Å². The minimum absolute atomic E-state index is 0.740. The van der Waals surface area contributed by atoms with Crippen LogP contribution in [0.3, 0.4) is 0 Å². The second kappa shape index (κ2) is 6.89. The second-order valence-electron chi connectivity index (χ2n) is 6.49. The molecule has 0 amide bonds. The number of nitrogens with zero attached hydrogens (tertiary/aromatic N) is 1. The monoisotopic (exact) mass is 335 g/mol. The number of benzene rings is 2. The minimum Gasteiger partial charge on any atom is -0.543 e. The predicted molar refractivity (Wildman–Crippen MR) is 101 cm³/mol. The van der Waals surface area contributed by atoms with Gasteiger partial charge >= 0.3 is 0 Å². The van der Waals surface area contributed by atoms with Crippen LogP contribution >= 0.6 is 0 Å². The summed E-state index contributed by atoms with van der Waals surface area (Å²) in [4.78, 5) is 4.88. The summed E-state index contributed by atoms with van der Waals surface area (Å²) in [7, 11) is -1.72. The van der Waals surface area contributed by atoms with Crippen molar-refractivity contribution in [3.8, 4) is 5.75 Å². The fourth-order valence-corrected chi connectivity index (χ4v) is 3.19. The van der Waals surface area contributed by atoms with Crippen LogP contribution in [-0.2, 0) is 0 Å². The van der Waals surface area contributed by atoms with Crippen molar-refractivity contribution >= 4 is 19.7 Å². The lowest BCUT2D eigenvalue weighted by Crippen LogP contribution is -2.29. The van der Waals surface area contributed by atoms with Crippen LogP contribution in [0.1, 0.15) is 11.3 Å². The molecule has 0 fully saturated rings. The molecule has 24 heavy (non-hydrogen) atoms. The molecule has 0 spiro atoms. The smallest absolute Gasteiger partial charge is 0.242 e. The lowest BCUT2D eigenvalue weighted by atomic mass is 10.1. The van der Waals surface area contributed by atoms with Crippen LogP contribution in [0.25, 0.3) is 0 Å². The Labute approximate surface area is 143 Å². The highest BCUT2D eigenvalue weighted by Gasteiger charge is 2.19. The number of furan rings is 1. The normalized spacial score (nSPS) is 12.2. The van der Waals surface area contributed by atoms with E-state index < -0.39 is 8.32 Å². The highest BCUT2D eigenvalue weighted by atomic mass is 28.4. The highest BCUT2D eigenvalue weighted by molar-refractivity contribution is 6.70. The average Bonchev–Trinajstić information content (AvgIpc) is 3.07. The maximum absolute atomic E-state index is 6.19. The van der Waals surface area contributed by atoms with Crippen molar-refractivity contribution in [2.24, 2.45) is 4.99 Å². The van der Waals surface area contributed by atoms with Crippen molar-refractivity contribution in [3.63, 3.8) is 0 Å². The number of hydrogen-bond donors (Lipinski definition) is 0. The van der Waals surface area contributed by atoms with Gasteiger partial charge in [0.1, 0.15) is 17.1 Å². The molecule has 4 heteroatoms. The van der Waals surface area contributed by atoms with Crippen molar-refractivity contribution in [2.75, 3.05) is 0 Å². The van der Waals surface area contributed by atoms with Crippen LogP contribution in [0.4, 0.5) is 5.69 Å². The molecular weight excluding hydrogens is 314 g/mol. The molecule has 0 N–H and O–H groups in total. The van der Waals surface area contributed by atoms with E-state index in [1.807, 2.05) is 66.7 Å². The summed E-state index contributed by atoms with van der Waals surface area (Å²) in [6.45, 7) is 6.49. The van der Waals surface area contributed by atoms with Gasteiger partial charge in [0.15, 0.2) is 5.76 Å². The van der Waals surface area contributed by atoms with Crippen molar-refractivity contribution in [1.82, 2.24) is 0 Å². The highest BCUT2D eigenvalue weighted by Crippen LogP contribution is 2.31. The van der Waals surface area contributed by atoms with Gasteiger partial charge in [0, 0.05) is 5.56 Å². The Balaban J connectivity index is 2.10. The molecular formula is C20H21NO2Si. The number of hydrogen-bond acceptors (Lipinski definition) is 3. The third-order valence-electron chi connectivity index (χ3n) is 3.32. The molecule has 1 heterocycles. The van der Waals surface area contributed by atoms with Gasteiger partial charge in [-0.05, 0) is 43.9 Å². The van der Waals surface area contributed by atoms with Gasteiger partial charge in [-0.25, -0.2) is 4.99 Å². The summed E-state index contributed by atoms with van der Waals surface area (Å²) in [5.74, 6) is 1.56. The first-order chi connectivity index (χ1) is 11.5. The first-order valence-corrected chi connectivity index (χ1v) is 11.4. The van der Waals surface area contributed by atoms with Crippen molar-refractivity contribution in [2.45, 2.75) is 19.6 Å². The van der Waals surface area contributed by atoms with E-state index in [1.54, 1.807) is 6.26 Å². The van der Waals surface area contributed by atoms with E-state index in [2.05, 4.69) is 19.6 Å². The molecule has 0 saturated carbocycles. The summed E-state index contributed by atoms with van der Waals surface area (Å²) in [5.41, 5.74) is 2.62. The van der Waals surface area contributed by atoms with Crippen LogP contribution in [0, 0.1) is 0 Å². The first kappa shape index (κ1) is 16.3. The standard InChI is InChI=1S/C20H21NO2Si/c1-24(2,3)23-18-13-8-7-12-17(18)21-20(19-14-9-15-22-19)16-10-5-4-6-11-16/h4-15H,1-3H3. The van der Waals surface area contributed by atoms with Crippen LogP contribution in [0.15, 0.2) is 82.4 Å². The van der Waals surface area contributed by atoms with Crippen LogP contribution in [0.2, 0.25) is 19.6 Å². The Kier molecular flexibility index (Phi) is 4.67. The number of para-hydroxylation sites is 2. The lowest BCUT2D eigenvalue weighted by Gasteiger charge is -2.20. The summed E-state index contributed by atoms with van der Waals surface area (Å²) in [6.07, 6.45) is 1.66. The van der Waals surface area contributed by atoms with E-state index >= 15 is 0 Å². The van der Waals surface area contributed by atoms with Gasteiger partial charge < -0.3 is 8.84 Å². The van der Waals surface area contributed by atoms with Gasteiger partial charge in [-0.15, -0.1) is 0 Å². The molecule has 2 aromatic carbocycles. The van der Waals surface area contributed by atoms with E-state index in [-0.39, 0.29) is 0 Å². The predicted octanol–water partition coefficient (Wildman–Crippen LogP) is 5.66. The fourth-order valence-electron chi connectivity index (χ4n) is 2.36. The molecule has 1 aromatic heterocycles. The topological polar surface area (TPSA) is 34.7 Å². The van der Waals surface area contributed by atoms with Gasteiger partial charge in [0.05, 0.1) is 6.26 Å². The molecule has 0 aliphatic carbocycles. The quantitative estimate of drug-likeness (QED) is 0.445. The molecule has 0 atom stereocenters. The Hall–Kier alpha value is -2.59. The third-order valence-corrected chi connectivity index (χ3v) is 4.15. The maximum atomic E-state index is 6.19. The molecule has 3 aromatic rings. The number of aliphatic imine (C=N–C) groups is 1. The first-order valence-electron chi connectivity index (χ1n) is 7.99. The third kappa shape index (κ3) is 4.03. The van der Waals surface area contributed by atoms with Crippen LogP contribution in [-0.4, -0.2) is 14.0 Å². The van der Waals surface area contributed by atoms with Gasteiger partial charge in [-0.2, -0.15) is 0 Å². The fraction of sp³-hybridized carbons (Fsp3) is 0.150. The van der Waals surface area contributed by atoms with E-state index in [1.165, 1.54) is 0 Å². The molecule has 3 nitrogen and oxygen atoms in total. The zero-order chi connectivity index (χ0) is 17.0. The second-order valence-corrected chi connectivity index (χ2v) is 10.9. The Morgan fingerprint density at radius 2 is 1.58 bits per heavy atom. The molecule has 0 saturated heterocycles. The molecule has 0 unspecified atom stereocenters. The maximum Gasteiger partial charge on any atom is 0.242 e. The van der Waals surface area contributed by atoms with Crippen LogP contribution < -0.4 is 4.43 Å². The van der Waals surface area contributed by atoms with E-state index in [0.717, 1.165) is 28.5 Å². The summed E-state index contributed by atoms with van der Waals surface area (Å²) in [5, 5.41) is 0.